The van der Waals surface area contributed by atoms with Crippen molar-refractivity contribution in [3.63, 3.8) is 0 Å². The summed E-state index contributed by atoms with van der Waals surface area (Å²) in [5, 5.41) is 10.5. The van der Waals surface area contributed by atoms with E-state index in [-0.39, 0.29) is 10.3 Å². The first-order valence-corrected chi connectivity index (χ1v) is 4.26. The molecule has 0 radical (unpaired) electrons. The largest absolute Gasteiger partial charge is 0.452 e. The lowest BCUT2D eigenvalue weighted by molar-refractivity contribution is -0.841. The van der Waals surface area contributed by atoms with E-state index < -0.39 is 4.92 Å². The second kappa shape index (κ2) is 2.95. The normalized spacial score (nSPS) is 28.2. The van der Waals surface area contributed by atoms with Gasteiger partial charge in [0.15, 0.2) is 6.20 Å². The molecule has 0 aromatic heterocycles. The zero-order valence-corrected chi connectivity index (χ0v) is 8.41. The number of hydrogen-bond acceptors (Lipinski definition) is 3. The lowest BCUT2D eigenvalue weighted by Crippen LogP contribution is -2.45. The van der Waals surface area contributed by atoms with Gasteiger partial charge in [-0.15, -0.1) is 0 Å². The Labute approximate surface area is 78.3 Å². The van der Waals surface area contributed by atoms with Crippen molar-refractivity contribution in [2.45, 2.75) is 6.92 Å². The van der Waals surface area contributed by atoms with E-state index in [9.17, 15) is 10.1 Å². The van der Waals surface area contributed by atoms with Crippen molar-refractivity contribution in [2.24, 2.45) is 4.99 Å². The molecule has 0 spiro atoms. The van der Waals surface area contributed by atoms with Gasteiger partial charge in [0, 0.05) is 15.9 Å². The van der Waals surface area contributed by atoms with Gasteiger partial charge in [-0.1, -0.05) is 0 Å². The SMILES string of the molecule is CC[N+]1(C)C([N+](=O)[O-])=CN=C1Br. The smallest absolute Gasteiger partial charge is 0.254 e. The van der Waals surface area contributed by atoms with Crippen LogP contribution in [-0.4, -0.2) is 27.7 Å². The molecule has 12 heavy (non-hydrogen) atoms. The number of hydrogen-bond donors (Lipinski definition) is 0. The first-order chi connectivity index (χ1) is 5.52. The van der Waals surface area contributed by atoms with Crippen molar-refractivity contribution >= 4 is 20.7 Å². The average molecular weight is 235 g/mol. The van der Waals surface area contributed by atoms with E-state index in [0.717, 1.165) is 0 Å². The minimum absolute atomic E-state index is 0.101. The molecular formula is C6H9BrN3O2+. The standard InChI is InChI=1S/C6H9BrN3O2/c1-3-10(2)5(9(11)12)4-8-6(10)7/h4H,3H2,1-2H3/q+1. The summed E-state index contributed by atoms with van der Waals surface area (Å²) < 4.78 is 0.712. The molecule has 0 amide bonds. The van der Waals surface area contributed by atoms with Gasteiger partial charge in [-0.25, -0.2) is 0 Å². The third kappa shape index (κ3) is 1.16. The first-order valence-electron chi connectivity index (χ1n) is 3.47. The van der Waals surface area contributed by atoms with Gasteiger partial charge in [-0.3, -0.25) is 10.1 Å². The van der Waals surface area contributed by atoms with Crippen molar-refractivity contribution in [2.75, 3.05) is 13.6 Å². The van der Waals surface area contributed by atoms with Crippen LogP contribution in [0.2, 0.25) is 0 Å². The predicted octanol–water partition coefficient (Wildman–Crippen LogP) is 1.29. The Morgan fingerprint density at radius 2 is 2.42 bits per heavy atom. The highest BCUT2D eigenvalue weighted by Gasteiger charge is 2.44. The highest BCUT2D eigenvalue weighted by molar-refractivity contribution is 9.18. The molecule has 0 saturated heterocycles. The molecule has 66 valence electrons. The van der Waals surface area contributed by atoms with E-state index in [1.54, 1.807) is 7.05 Å². The van der Waals surface area contributed by atoms with Crippen LogP contribution in [0.4, 0.5) is 0 Å². The van der Waals surface area contributed by atoms with E-state index >= 15 is 0 Å². The molecule has 5 nitrogen and oxygen atoms in total. The molecule has 0 bridgehead atoms. The monoisotopic (exact) mass is 234 g/mol. The van der Waals surface area contributed by atoms with E-state index in [1.165, 1.54) is 6.20 Å². The number of quaternary nitrogens is 1. The van der Waals surface area contributed by atoms with Gasteiger partial charge < -0.3 is 0 Å². The molecule has 1 aliphatic heterocycles. The maximum atomic E-state index is 10.5. The number of nitro groups is 1. The quantitative estimate of drug-likeness (QED) is 0.313. The lowest BCUT2D eigenvalue weighted by Gasteiger charge is -2.21. The summed E-state index contributed by atoms with van der Waals surface area (Å²) in [6.45, 7) is 2.48. The van der Waals surface area contributed by atoms with Gasteiger partial charge >= 0.3 is 5.82 Å². The van der Waals surface area contributed by atoms with Crippen LogP contribution < -0.4 is 0 Å². The molecule has 1 rings (SSSR count). The van der Waals surface area contributed by atoms with E-state index in [4.69, 9.17) is 0 Å². The van der Waals surface area contributed by atoms with Crippen molar-refractivity contribution in [1.29, 1.82) is 0 Å². The van der Waals surface area contributed by atoms with Crippen molar-refractivity contribution in [3.05, 3.63) is 22.1 Å². The molecule has 6 heteroatoms. The fraction of sp³-hybridized carbons (Fsp3) is 0.500. The van der Waals surface area contributed by atoms with Crippen LogP contribution in [0, 0.1) is 10.1 Å². The van der Waals surface area contributed by atoms with Crippen LogP contribution >= 0.6 is 15.9 Å². The molecule has 1 unspecified atom stereocenters. The fourth-order valence-electron chi connectivity index (χ4n) is 0.980. The Bertz CT molecular complexity index is 287. The molecule has 0 aromatic carbocycles. The second-order valence-corrected chi connectivity index (χ2v) is 3.36. The molecule has 1 aliphatic rings. The maximum absolute atomic E-state index is 10.5. The number of rotatable bonds is 2. The first kappa shape index (κ1) is 9.34. The van der Waals surface area contributed by atoms with Gasteiger partial charge in [0.05, 0.1) is 13.6 Å². The summed E-state index contributed by atoms with van der Waals surface area (Å²) in [5.74, 6) is 0.101. The van der Waals surface area contributed by atoms with Crippen LogP contribution in [0.1, 0.15) is 6.92 Å². The average Bonchev–Trinajstić information content (AvgIpc) is 2.30. The van der Waals surface area contributed by atoms with Crippen molar-refractivity contribution in [3.8, 4) is 0 Å². The molecule has 0 saturated carbocycles. The molecule has 0 N–H and O–H groups in total. The highest BCUT2D eigenvalue weighted by atomic mass is 79.9. The summed E-state index contributed by atoms with van der Waals surface area (Å²) in [7, 11) is 1.75. The zero-order chi connectivity index (χ0) is 9.35. The molecule has 0 aromatic rings. The molecule has 0 fully saturated rings. The molecular weight excluding hydrogens is 226 g/mol. The Morgan fingerprint density at radius 3 is 2.75 bits per heavy atom. The van der Waals surface area contributed by atoms with E-state index in [2.05, 4.69) is 20.9 Å². The summed E-state index contributed by atoms with van der Waals surface area (Å²) in [6.07, 6.45) is 1.29. The van der Waals surface area contributed by atoms with Crippen LogP contribution in [0.3, 0.4) is 0 Å². The minimum Gasteiger partial charge on any atom is -0.254 e. The second-order valence-electron chi connectivity index (χ2n) is 2.65. The van der Waals surface area contributed by atoms with Gasteiger partial charge in [-0.05, 0) is 6.92 Å². The predicted molar refractivity (Wildman–Crippen MR) is 48.2 cm³/mol. The summed E-state index contributed by atoms with van der Waals surface area (Å²) in [4.78, 5) is 14.0. The lowest BCUT2D eigenvalue weighted by atomic mass is 10.5. The Balaban J connectivity index is 3.04. The van der Waals surface area contributed by atoms with Gasteiger partial charge in [-0.2, -0.15) is 9.48 Å². The van der Waals surface area contributed by atoms with Gasteiger partial charge in [0.1, 0.15) is 4.92 Å². The summed E-state index contributed by atoms with van der Waals surface area (Å²) in [5.41, 5.74) is 0. The van der Waals surface area contributed by atoms with E-state index in [1.807, 2.05) is 6.92 Å². The number of halogens is 1. The van der Waals surface area contributed by atoms with E-state index in [0.29, 0.717) is 11.3 Å². The summed E-state index contributed by atoms with van der Waals surface area (Å²) >= 11 is 3.20. The van der Waals surface area contributed by atoms with Crippen molar-refractivity contribution < 1.29 is 9.41 Å². The Morgan fingerprint density at radius 1 is 1.83 bits per heavy atom. The topological polar surface area (TPSA) is 55.5 Å². The third-order valence-corrected chi connectivity index (χ3v) is 3.01. The third-order valence-electron chi connectivity index (χ3n) is 2.02. The van der Waals surface area contributed by atoms with Gasteiger partial charge in [0.2, 0.25) is 0 Å². The van der Waals surface area contributed by atoms with Gasteiger partial charge in [0.25, 0.3) is 4.74 Å². The number of aliphatic imine (C=N–C) groups is 1. The molecule has 1 atom stereocenters. The highest BCUT2D eigenvalue weighted by Crippen LogP contribution is 2.25. The van der Waals surface area contributed by atoms with Crippen LogP contribution in [-0.2, 0) is 0 Å². The summed E-state index contributed by atoms with van der Waals surface area (Å²) in [6, 6.07) is 0. The fourth-order valence-corrected chi connectivity index (χ4v) is 1.52. The Kier molecular flexibility index (Phi) is 2.29. The number of nitrogens with zero attached hydrogens (tertiary/aromatic N) is 3. The zero-order valence-electron chi connectivity index (χ0n) is 6.82. The van der Waals surface area contributed by atoms with Crippen LogP contribution in [0.25, 0.3) is 0 Å². The minimum atomic E-state index is -0.402. The van der Waals surface area contributed by atoms with Crippen molar-refractivity contribution in [1.82, 2.24) is 0 Å². The maximum Gasteiger partial charge on any atom is 0.452 e. The Hall–Kier alpha value is -0.750. The molecule has 0 aliphatic carbocycles. The number of amidine groups is 1. The molecule has 1 heterocycles. The van der Waals surface area contributed by atoms with Crippen LogP contribution in [0.5, 0.6) is 0 Å². The van der Waals surface area contributed by atoms with Crippen LogP contribution in [0.15, 0.2) is 17.0 Å².